The van der Waals surface area contributed by atoms with Crippen molar-refractivity contribution in [2.45, 2.75) is 97.5 Å². The molecule has 0 aromatic heterocycles. The van der Waals surface area contributed by atoms with Crippen LogP contribution < -0.4 is 0 Å². The van der Waals surface area contributed by atoms with Gasteiger partial charge in [0.15, 0.2) is 0 Å². The Morgan fingerprint density at radius 1 is 1.05 bits per heavy atom. The summed E-state index contributed by atoms with van der Waals surface area (Å²) in [5, 5.41) is 9.88. The summed E-state index contributed by atoms with van der Waals surface area (Å²) in [5.74, 6) is 0.718. The molecule has 0 aliphatic heterocycles. The molecule has 0 radical (unpaired) electrons. The molecule has 0 saturated heterocycles. The summed E-state index contributed by atoms with van der Waals surface area (Å²) in [6.07, 6.45) is 14.8. The zero-order chi connectivity index (χ0) is 16.4. The lowest BCUT2D eigenvalue weighted by atomic mass is 9.78. The molecule has 0 aromatic rings. The Balaban J connectivity index is 0.000000335. The molecule has 2 rings (SSSR count). The van der Waals surface area contributed by atoms with Gasteiger partial charge >= 0.3 is 0 Å². The van der Waals surface area contributed by atoms with E-state index in [0.29, 0.717) is 12.3 Å². The maximum Gasteiger partial charge on any atom is 0.138 e. The second-order valence-corrected chi connectivity index (χ2v) is 7.50. The molecule has 3 atom stereocenters. The van der Waals surface area contributed by atoms with Crippen molar-refractivity contribution in [1.29, 1.82) is 0 Å². The Bertz CT molecular complexity index is 326. The number of Topliss-reactive ketones (excluding diaryl/α,β-unsaturated/α-hetero) is 1. The highest BCUT2D eigenvalue weighted by molar-refractivity contribution is 5.81. The summed E-state index contributed by atoms with van der Waals surface area (Å²) in [5.41, 5.74) is 1.26. The van der Waals surface area contributed by atoms with Gasteiger partial charge in [-0.25, -0.2) is 0 Å². The van der Waals surface area contributed by atoms with Crippen LogP contribution in [0.1, 0.15) is 91.4 Å². The molecule has 128 valence electrons. The van der Waals surface area contributed by atoms with Crippen LogP contribution in [-0.4, -0.2) is 17.0 Å². The number of carbonyl (C=O) groups excluding carboxylic acids is 1. The SMILES string of the molecule is C1CCCCC1.CC(C)=CCCC(=O)C1CCC(C)CC1O. The Kier molecular flexibility index (Phi) is 9.70. The number of aliphatic hydroxyl groups is 1. The summed E-state index contributed by atoms with van der Waals surface area (Å²) in [6, 6.07) is 0. The summed E-state index contributed by atoms with van der Waals surface area (Å²) in [4.78, 5) is 11.9. The van der Waals surface area contributed by atoms with Gasteiger partial charge in [0.1, 0.15) is 5.78 Å². The third kappa shape index (κ3) is 8.12. The first kappa shape index (κ1) is 19.4. The highest BCUT2D eigenvalue weighted by atomic mass is 16.3. The fourth-order valence-corrected chi connectivity index (χ4v) is 3.48. The average molecular weight is 309 g/mol. The summed E-state index contributed by atoms with van der Waals surface area (Å²) in [7, 11) is 0. The van der Waals surface area contributed by atoms with Crippen LogP contribution in [0.5, 0.6) is 0 Å². The zero-order valence-corrected chi connectivity index (χ0v) is 14.9. The predicted octanol–water partition coefficient (Wildman–Crippen LogP) is 5.44. The molecular formula is C20H36O2. The van der Waals surface area contributed by atoms with Gasteiger partial charge in [-0.1, -0.05) is 57.1 Å². The van der Waals surface area contributed by atoms with Crippen LogP contribution in [0.25, 0.3) is 0 Å². The van der Waals surface area contributed by atoms with Gasteiger partial charge in [0.2, 0.25) is 0 Å². The minimum atomic E-state index is -0.400. The summed E-state index contributed by atoms with van der Waals surface area (Å²) < 4.78 is 0. The van der Waals surface area contributed by atoms with Crippen LogP contribution in [0, 0.1) is 11.8 Å². The maximum atomic E-state index is 11.9. The van der Waals surface area contributed by atoms with E-state index in [1.54, 1.807) is 0 Å². The van der Waals surface area contributed by atoms with Crippen molar-refractivity contribution in [3.8, 4) is 0 Å². The minimum absolute atomic E-state index is 0.0956. The van der Waals surface area contributed by atoms with Crippen molar-refractivity contribution in [2.75, 3.05) is 0 Å². The van der Waals surface area contributed by atoms with Crippen molar-refractivity contribution >= 4 is 5.78 Å². The topological polar surface area (TPSA) is 37.3 Å². The van der Waals surface area contributed by atoms with Gasteiger partial charge < -0.3 is 5.11 Å². The van der Waals surface area contributed by atoms with Crippen LogP contribution in [0.3, 0.4) is 0 Å². The van der Waals surface area contributed by atoms with Gasteiger partial charge in [0, 0.05) is 12.3 Å². The van der Waals surface area contributed by atoms with E-state index < -0.39 is 6.10 Å². The van der Waals surface area contributed by atoms with Crippen molar-refractivity contribution in [1.82, 2.24) is 0 Å². The monoisotopic (exact) mass is 308 g/mol. The van der Waals surface area contributed by atoms with Gasteiger partial charge in [0.05, 0.1) is 6.10 Å². The molecule has 2 saturated carbocycles. The van der Waals surface area contributed by atoms with E-state index in [2.05, 4.69) is 13.0 Å². The molecule has 22 heavy (non-hydrogen) atoms. The molecule has 2 fully saturated rings. The first-order valence-electron chi connectivity index (χ1n) is 9.35. The quantitative estimate of drug-likeness (QED) is 0.702. The van der Waals surface area contributed by atoms with Crippen LogP contribution in [0.15, 0.2) is 11.6 Å². The lowest BCUT2D eigenvalue weighted by Gasteiger charge is -2.30. The molecule has 0 amide bonds. The first-order valence-corrected chi connectivity index (χ1v) is 9.35. The third-order valence-corrected chi connectivity index (χ3v) is 4.94. The lowest BCUT2D eigenvalue weighted by Crippen LogP contribution is -2.34. The standard InChI is InChI=1S/C14H24O2.C6H12/c1-10(2)5-4-6-13(15)12-8-7-11(3)9-14(12)16;1-2-4-6-5-3-1/h5,11-12,14,16H,4,6-9H2,1-3H3;1-6H2. The van der Waals surface area contributed by atoms with E-state index in [-0.39, 0.29) is 11.7 Å². The van der Waals surface area contributed by atoms with E-state index in [4.69, 9.17) is 0 Å². The van der Waals surface area contributed by atoms with Gasteiger partial charge in [-0.05, 0) is 45.4 Å². The second kappa shape index (κ2) is 11.0. The van der Waals surface area contributed by atoms with Crippen molar-refractivity contribution in [3.05, 3.63) is 11.6 Å². The Morgan fingerprint density at radius 2 is 1.59 bits per heavy atom. The van der Waals surface area contributed by atoms with Crippen LogP contribution in [0.4, 0.5) is 0 Å². The zero-order valence-electron chi connectivity index (χ0n) is 14.9. The molecule has 2 aliphatic rings. The van der Waals surface area contributed by atoms with Crippen molar-refractivity contribution in [3.63, 3.8) is 0 Å². The number of aliphatic hydroxyl groups excluding tert-OH is 1. The fourth-order valence-electron chi connectivity index (χ4n) is 3.48. The normalized spacial score (nSPS) is 28.3. The largest absolute Gasteiger partial charge is 0.392 e. The van der Waals surface area contributed by atoms with Crippen LogP contribution >= 0.6 is 0 Å². The number of hydrogen-bond acceptors (Lipinski definition) is 2. The van der Waals surface area contributed by atoms with Gasteiger partial charge in [-0.15, -0.1) is 0 Å². The molecule has 0 aromatic carbocycles. The lowest BCUT2D eigenvalue weighted by molar-refractivity contribution is -0.128. The molecule has 1 N–H and O–H groups in total. The number of allylic oxidation sites excluding steroid dienone is 2. The van der Waals surface area contributed by atoms with Gasteiger partial charge in [-0.2, -0.15) is 0 Å². The highest BCUT2D eigenvalue weighted by Gasteiger charge is 2.31. The molecule has 3 unspecified atom stereocenters. The third-order valence-electron chi connectivity index (χ3n) is 4.94. The Hall–Kier alpha value is -0.630. The maximum absolute atomic E-state index is 11.9. The predicted molar refractivity (Wildman–Crippen MR) is 93.9 cm³/mol. The molecule has 2 aliphatic carbocycles. The fraction of sp³-hybridized carbons (Fsp3) is 0.850. The first-order chi connectivity index (χ1) is 10.5. The average Bonchev–Trinajstić information content (AvgIpc) is 2.49. The van der Waals surface area contributed by atoms with Gasteiger partial charge in [0.25, 0.3) is 0 Å². The Labute approximate surface area is 137 Å². The highest BCUT2D eigenvalue weighted by Crippen LogP contribution is 2.30. The minimum Gasteiger partial charge on any atom is -0.392 e. The summed E-state index contributed by atoms with van der Waals surface area (Å²) >= 11 is 0. The molecular weight excluding hydrogens is 272 g/mol. The second-order valence-electron chi connectivity index (χ2n) is 7.50. The van der Waals surface area contributed by atoms with Crippen LogP contribution in [0.2, 0.25) is 0 Å². The van der Waals surface area contributed by atoms with Gasteiger partial charge in [-0.3, -0.25) is 4.79 Å². The van der Waals surface area contributed by atoms with E-state index >= 15 is 0 Å². The molecule has 2 heteroatoms. The Morgan fingerprint density at radius 3 is 2.05 bits per heavy atom. The van der Waals surface area contributed by atoms with E-state index in [0.717, 1.165) is 25.7 Å². The molecule has 0 spiro atoms. The van der Waals surface area contributed by atoms with E-state index in [1.165, 1.54) is 44.1 Å². The van der Waals surface area contributed by atoms with E-state index in [9.17, 15) is 9.90 Å². The summed E-state index contributed by atoms with van der Waals surface area (Å²) in [6.45, 7) is 6.23. The number of hydrogen-bond donors (Lipinski definition) is 1. The molecule has 2 nitrogen and oxygen atoms in total. The molecule has 0 heterocycles. The number of carbonyl (C=O) groups is 1. The number of rotatable bonds is 4. The number of ketones is 1. The van der Waals surface area contributed by atoms with E-state index in [1.807, 2.05) is 13.8 Å². The molecule has 0 bridgehead atoms. The van der Waals surface area contributed by atoms with Crippen molar-refractivity contribution < 1.29 is 9.90 Å². The van der Waals surface area contributed by atoms with Crippen molar-refractivity contribution in [2.24, 2.45) is 11.8 Å². The smallest absolute Gasteiger partial charge is 0.138 e. The van der Waals surface area contributed by atoms with Crippen LogP contribution in [-0.2, 0) is 4.79 Å².